The third-order valence-corrected chi connectivity index (χ3v) is 9.90. The normalized spacial score (nSPS) is 14.4. The van der Waals surface area contributed by atoms with Crippen LogP contribution in [0, 0.1) is 0 Å². The molecule has 1 heteroatoms. The number of hydrogen-bond acceptors (Lipinski definition) is 0. The molecule has 0 atom stereocenters. The molecule has 0 heterocycles. The van der Waals surface area contributed by atoms with Crippen LogP contribution in [-0.4, -0.2) is 4.21 Å². The molecule has 0 aliphatic heterocycles. The minimum atomic E-state index is -1.87. The number of rotatable bonds is 2. The van der Waals surface area contributed by atoms with Crippen LogP contribution in [0.4, 0.5) is 0 Å². The quantitative estimate of drug-likeness (QED) is 0.663. The van der Waals surface area contributed by atoms with Crippen molar-refractivity contribution in [3.8, 4) is 11.1 Å². The largest absolute Gasteiger partial charge is 1.00 e. The zero-order valence-electron chi connectivity index (χ0n) is 13.4. The molecule has 0 saturated carbocycles. The molecule has 0 N–H and O–H groups in total. The molecule has 0 fully saturated rings. The Labute approximate surface area is 130 Å². The van der Waals surface area contributed by atoms with Gasteiger partial charge in [-0.15, -0.1) is 0 Å². The zero-order valence-corrected chi connectivity index (χ0v) is 13.9. The summed E-state index contributed by atoms with van der Waals surface area (Å²) in [4.78, 5) is 0. The maximum atomic E-state index is 4.62. The Kier molecular flexibility index (Phi) is 3.04. The molecule has 0 nitrogen and oxygen atoms in total. The molecule has 2 aromatic carbocycles. The number of benzene rings is 2. The molecule has 0 amide bonds. The topological polar surface area (TPSA) is 0 Å². The van der Waals surface area contributed by atoms with Crippen molar-refractivity contribution in [1.29, 1.82) is 0 Å². The predicted octanol–water partition coefficient (Wildman–Crippen LogP) is 4.00. The molecule has 0 aromatic heterocycles. The van der Waals surface area contributed by atoms with Crippen LogP contribution in [0.3, 0.4) is 0 Å². The molecule has 98 valence electrons. The van der Waals surface area contributed by atoms with E-state index in [2.05, 4.69) is 64.9 Å². The van der Waals surface area contributed by atoms with Gasteiger partial charge in [-0.3, -0.25) is 0 Å². The first-order valence-corrected chi connectivity index (χ1v) is 11.3. The summed E-state index contributed by atoms with van der Waals surface area (Å²) in [5, 5.41) is 0. The molecular weight excluding hydrogens is 319 g/mol. The summed E-state index contributed by atoms with van der Waals surface area (Å²) in [5.74, 6) is 0. The van der Waals surface area contributed by atoms with Gasteiger partial charge in [0.15, 0.2) is 0 Å². The van der Waals surface area contributed by atoms with E-state index in [1.165, 1.54) is 16.7 Å². The van der Waals surface area contributed by atoms with Crippen molar-refractivity contribution < 1.29 is 24.1 Å². The fourth-order valence-electron chi connectivity index (χ4n) is 3.28. The van der Waals surface area contributed by atoms with Gasteiger partial charge in [0.05, 0.1) is 0 Å². The molecule has 0 bridgehead atoms. The number of hydrogen-bond donors (Lipinski definition) is 0. The number of fused-ring (bicyclic) bond motifs is 3. The summed E-state index contributed by atoms with van der Waals surface area (Å²) in [5.41, 5.74) is 5.92. The second kappa shape index (κ2) is 4.90. The first kappa shape index (κ1) is 12.4. The van der Waals surface area contributed by atoms with Crippen LogP contribution >= 0.6 is 0 Å². The minimum absolute atomic E-state index is 0. The van der Waals surface area contributed by atoms with Crippen molar-refractivity contribution in [2.45, 2.75) is 12.8 Å². The van der Waals surface area contributed by atoms with Crippen LogP contribution in [0.1, 0.15) is 20.4 Å². The smallest absolute Gasteiger partial charge is 1.00 e. The van der Waals surface area contributed by atoms with Crippen LogP contribution in [-0.2, 0) is 27.7 Å². The Morgan fingerprint density at radius 2 is 1.85 bits per heavy atom. The molecule has 0 saturated heterocycles. The summed E-state index contributed by atoms with van der Waals surface area (Å²) in [6, 6.07) is 15.7. The molecule has 0 unspecified atom stereocenters. The van der Waals surface area contributed by atoms with E-state index in [9.17, 15) is 0 Å². The van der Waals surface area contributed by atoms with Gasteiger partial charge in [0.2, 0.25) is 0 Å². The van der Waals surface area contributed by atoms with Crippen molar-refractivity contribution >= 4 is 7.48 Å². The third-order valence-electron chi connectivity index (χ3n) is 4.33. The van der Waals surface area contributed by atoms with E-state index >= 15 is 0 Å². The minimum Gasteiger partial charge on any atom is -1.00 e. The molecule has 2 aliphatic carbocycles. The van der Waals surface area contributed by atoms with E-state index in [0.29, 0.717) is 0 Å². The first-order chi connectivity index (χ1) is 9.84. The molecule has 2 aromatic rings. The van der Waals surface area contributed by atoms with Gasteiger partial charge < -0.3 is 2.85 Å². The predicted molar refractivity (Wildman–Crippen MR) is 85.5 cm³/mol. The van der Waals surface area contributed by atoms with Crippen LogP contribution in [0.2, 0.25) is 0 Å². The van der Waals surface area contributed by atoms with Crippen molar-refractivity contribution in [3.05, 3.63) is 75.1 Å². The zero-order chi connectivity index (χ0) is 13.5. The maximum absolute atomic E-state index is 4.62. The van der Waals surface area contributed by atoms with E-state index < -0.39 is 21.3 Å². The van der Waals surface area contributed by atoms with Gasteiger partial charge >= 0.3 is 128 Å². The van der Waals surface area contributed by atoms with E-state index in [0.717, 1.165) is 12.8 Å². The second-order valence-electron chi connectivity index (χ2n) is 5.47. The van der Waals surface area contributed by atoms with Gasteiger partial charge in [0, 0.05) is 0 Å². The summed E-state index contributed by atoms with van der Waals surface area (Å²) < 4.78 is 7.83. The summed E-state index contributed by atoms with van der Waals surface area (Å²) in [6.45, 7) is 0. The van der Waals surface area contributed by atoms with Crippen LogP contribution < -0.4 is 3.27 Å². The fourth-order valence-corrected chi connectivity index (χ4v) is 7.94. The van der Waals surface area contributed by atoms with E-state index in [1.54, 1.807) is 12.1 Å². The fraction of sp³-hybridized carbons (Fsp3) is 0.105. The Hall–Kier alpha value is -1.33. The SMILES string of the molecule is [CH2]=[Zr+2]([C]1=CC=CC1)[c]1cccc2c1Cc1ccccc1-2.[H-].[H-]. The average Bonchev–Trinajstić information content (AvgIpc) is 3.13. The first-order valence-electron chi connectivity index (χ1n) is 7.10. The van der Waals surface area contributed by atoms with Gasteiger partial charge in [-0.2, -0.15) is 0 Å². The van der Waals surface area contributed by atoms with Gasteiger partial charge in [-0.05, 0) is 0 Å². The Balaban J connectivity index is 0.000000882. The number of allylic oxidation sites excluding steroid dienone is 4. The van der Waals surface area contributed by atoms with Crippen LogP contribution in [0.25, 0.3) is 11.1 Å². The van der Waals surface area contributed by atoms with Crippen LogP contribution in [0.15, 0.2) is 64.0 Å². The Morgan fingerprint density at radius 1 is 1.00 bits per heavy atom. The van der Waals surface area contributed by atoms with Crippen molar-refractivity contribution in [3.63, 3.8) is 0 Å². The standard InChI is InChI=1S/C13H9.C5H5.CH2.Zr.2H/c1-3-7-12-10(5-1)9-11-6-2-4-8-13(11)12;1-2-4-5-3-1;;;;/h1-5,7-8H,9H2;1-3H,4H2;1H2;;;/q;;;+2;2*-1. The molecule has 2 aliphatic rings. The third kappa shape index (κ3) is 1.88. The van der Waals surface area contributed by atoms with Gasteiger partial charge in [-0.1, -0.05) is 0 Å². The maximum Gasteiger partial charge on any atom is -1.00 e. The average molecular weight is 338 g/mol. The Morgan fingerprint density at radius 3 is 2.70 bits per heavy atom. The van der Waals surface area contributed by atoms with E-state index in [1.807, 2.05) is 0 Å². The van der Waals surface area contributed by atoms with Crippen molar-refractivity contribution in [2.24, 2.45) is 0 Å². The van der Waals surface area contributed by atoms with E-state index in [-0.39, 0.29) is 2.85 Å². The summed E-state index contributed by atoms with van der Waals surface area (Å²) in [7, 11) is 0. The van der Waals surface area contributed by atoms with Crippen LogP contribution in [0.5, 0.6) is 0 Å². The molecule has 0 radical (unpaired) electrons. The molecule has 0 spiro atoms. The van der Waals surface area contributed by atoms with E-state index in [4.69, 9.17) is 0 Å². The summed E-state index contributed by atoms with van der Waals surface area (Å²) in [6.07, 6.45) is 9.00. The van der Waals surface area contributed by atoms with Crippen molar-refractivity contribution in [1.82, 2.24) is 0 Å². The van der Waals surface area contributed by atoms with Gasteiger partial charge in [-0.25, -0.2) is 0 Å². The van der Waals surface area contributed by atoms with Crippen molar-refractivity contribution in [2.75, 3.05) is 0 Å². The monoisotopic (exact) mass is 336 g/mol. The van der Waals surface area contributed by atoms with Gasteiger partial charge in [0.1, 0.15) is 0 Å². The Bertz CT molecular complexity index is 788. The summed E-state index contributed by atoms with van der Waals surface area (Å²) >= 11 is -1.87. The second-order valence-corrected chi connectivity index (χ2v) is 10.7. The molecule has 4 rings (SSSR count). The molecule has 20 heavy (non-hydrogen) atoms. The molecular formula is C19H18Zr. The van der Waals surface area contributed by atoms with Gasteiger partial charge in [0.25, 0.3) is 0 Å².